The van der Waals surface area contributed by atoms with Crippen LogP contribution in [0.25, 0.3) is 6.08 Å². The SMILES string of the molecule is C[C@@H]1CNCCN1C(=O)C1=Cc2ccccc2OC1.Cl. The average molecular weight is 295 g/mol. The van der Waals surface area contributed by atoms with Gasteiger partial charge in [-0.1, -0.05) is 18.2 Å². The molecular formula is C15H19ClN2O2. The minimum atomic E-state index is 0. The van der Waals surface area contributed by atoms with Crippen LogP contribution >= 0.6 is 12.4 Å². The molecule has 1 amide bonds. The number of rotatable bonds is 1. The molecule has 2 aliphatic rings. The normalized spacial score (nSPS) is 21.1. The molecule has 108 valence electrons. The topological polar surface area (TPSA) is 41.6 Å². The van der Waals surface area contributed by atoms with E-state index in [1.807, 2.05) is 35.2 Å². The Labute approximate surface area is 125 Å². The number of nitrogens with one attached hydrogen (secondary N) is 1. The predicted octanol–water partition coefficient (Wildman–Crippen LogP) is 1.70. The number of halogens is 1. The van der Waals surface area contributed by atoms with E-state index >= 15 is 0 Å². The number of nitrogens with zero attached hydrogens (tertiary/aromatic N) is 1. The van der Waals surface area contributed by atoms with Crippen molar-refractivity contribution in [2.45, 2.75) is 13.0 Å². The zero-order chi connectivity index (χ0) is 13.2. The highest BCUT2D eigenvalue weighted by Gasteiger charge is 2.27. The first kappa shape index (κ1) is 14.9. The Kier molecular flexibility index (Phi) is 4.68. The molecule has 0 aromatic heterocycles. The molecule has 5 heteroatoms. The Morgan fingerprint density at radius 3 is 3.00 bits per heavy atom. The fourth-order valence-electron chi connectivity index (χ4n) is 2.57. The third-order valence-corrected chi connectivity index (χ3v) is 3.67. The number of piperazine rings is 1. The van der Waals surface area contributed by atoms with Gasteiger partial charge < -0.3 is 15.0 Å². The van der Waals surface area contributed by atoms with Crippen molar-refractivity contribution in [3.8, 4) is 5.75 Å². The van der Waals surface area contributed by atoms with Gasteiger partial charge in [0.05, 0.1) is 5.57 Å². The Morgan fingerprint density at radius 2 is 2.20 bits per heavy atom. The molecule has 0 saturated carbocycles. The summed E-state index contributed by atoms with van der Waals surface area (Å²) in [4.78, 5) is 14.5. The first-order chi connectivity index (χ1) is 9.25. The first-order valence-corrected chi connectivity index (χ1v) is 6.70. The maximum Gasteiger partial charge on any atom is 0.253 e. The lowest BCUT2D eigenvalue weighted by Crippen LogP contribution is -2.53. The zero-order valence-electron chi connectivity index (χ0n) is 11.5. The van der Waals surface area contributed by atoms with Gasteiger partial charge in [0, 0.05) is 31.2 Å². The van der Waals surface area contributed by atoms with E-state index in [0.29, 0.717) is 6.61 Å². The van der Waals surface area contributed by atoms with Crippen LogP contribution in [-0.2, 0) is 4.79 Å². The van der Waals surface area contributed by atoms with E-state index in [0.717, 1.165) is 36.5 Å². The maximum absolute atomic E-state index is 12.5. The van der Waals surface area contributed by atoms with E-state index in [4.69, 9.17) is 4.74 Å². The summed E-state index contributed by atoms with van der Waals surface area (Å²) in [6.07, 6.45) is 1.95. The minimum absolute atomic E-state index is 0. The highest BCUT2D eigenvalue weighted by molar-refractivity contribution is 5.99. The van der Waals surface area contributed by atoms with E-state index in [1.165, 1.54) is 0 Å². The van der Waals surface area contributed by atoms with Crippen molar-refractivity contribution in [2.24, 2.45) is 0 Å². The fraction of sp³-hybridized carbons (Fsp3) is 0.400. The van der Waals surface area contributed by atoms with E-state index < -0.39 is 0 Å². The Hall–Kier alpha value is -1.52. The van der Waals surface area contributed by atoms with Crippen molar-refractivity contribution in [1.82, 2.24) is 10.2 Å². The standard InChI is InChI=1S/C15H18N2O2.ClH/c1-11-9-16-6-7-17(11)15(18)13-8-12-4-2-3-5-14(12)19-10-13;/h2-5,8,11,16H,6-7,9-10H2,1H3;1H/t11-;/m1./s1. The summed E-state index contributed by atoms with van der Waals surface area (Å²) in [5.74, 6) is 0.955. The van der Waals surface area contributed by atoms with E-state index in [-0.39, 0.29) is 24.4 Å². The summed E-state index contributed by atoms with van der Waals surface area (Å²) in [6.45, 7) is 4.92. The molecule has 2 aliphatic heterocycles. The summed E-state index contributed by atoms with van der Waals surface area (Å²) in [5, 5.41) is 3.29. The number of ether oxygens (including phenoxy) is 1. The quantitative estimate of drug-likeness (QED) is 0.857. The van der Waals surface area contributed by atoms with Crippen LogP contribution in [-0.4, -0.2) is 43.1 Å². The van der Waals surface area contributed by atoms with Crippen LogP contribution in [0.2, 0.25) is 0 Å². The van der Waals surface area contributed by atoms with Crippen LogP contribution in [0, 0.1) is 0 Å². The molecule has 1 fully saturated rings. The van der Waals surface area contributed by atoms with Gasteiger partial charge in [-0.05, 0) is 19.1 Å². The van der Waals surface area contributed by atoms with Crippen LogP contribution < -0.4 is 10.1 Å². The van der Waals surface area contributed by atoms with Gasteiger partial charge in [0.25, 0.3) is 5.91 Å². The van der Waals surface area contributed by atoms with Crippen LogP contribution in [0.3, 0.4) is 0 Å². The van der Waals surface area contributed by atoms with Gasteiger partial charge in [0.15, 0.2) is 0 Å². The molecule has 4 nitrogen and oxygen atoms in total. The number of fused-ring (bicyclic) bond motifs is 1. The smallest absolute Gasteiger partial charge is 0.253 e. The number of para-hydroxylation sites is 1. The number of amides is 1. The summed E-state index contributed by atoms with van der Waals surface area (Å²) in [5.41, 5.74) is 1.73. The van der Waals surface area contributed by atoms with E-state index in [2.05, 4.69) is 12.2 Å². The second kappa shape index (κ2) is 6.29. The number of carbonyl (C=O) groups excluding carboxylic acids is 1. The summed E-state index contributed by atoms with van der Waals surface area (Å²) in [7, 11) is 0. The second-order valence-electron chi connectivity index (χ2n) is 5.05. The molecule has 0 bridgehead atoms. The Morgan fingerprint density at radius 1 is 1.40 bits per heavy atom. The lowest BCUT2D eigenvalue weighted by molar-refractivity contribution is -0.130. The van der Waals surface area contributed by atoms with Crippen LogP contribution in [0.1, 0.15) is 12.5 Å². The van der Waals surface area contributed by atoms with Crippen molar-refractivity contribution in [1.29, 1.82) is 0 Å². The third kappa shape index (κ3) is 2.81. The molecule has 1 saturated heterocycles. The molecule has 1 aromatic carbocycles. The van der Waals surface area contributed by atoms with Crippen molar-refractivity contribution in [3.05, 3.63) is 35.4 Å². The zero-order valence-corrected chi connectivity index (χ0v) is 12.3. The largest absolute Gasteiger partial charge is 0.488 e. The lowest BCUT2D eigenvalue weighted by atomic mass is 10.1. The van der Waals surface area contributed by atoms with Crippen molar-refractivity contribution < 1.29 is 9.53 Å². The molecule has 1 atom stereocenters. The molecule has 1 N–H and O–H groups in total. The van der Waals surface area contributed by atoms with Gasteiger partial charge in [0.2, 0.25) is 0 Å². The number of hydrogen-bond acceptors (Lipinski definition) is 3. The molecule has 0 spiro atoms. The Balaban J connectivity index is 0.00000147. The third-order valence-electron chi connectivity index (χ3n) is 3.67. The molecule has 1 aromatic rings. The van der Waals surface area contributed by atoms with Gasteiger partial charge in [-0.2, -0.15) is 0 Å². The molecule has 0 unspecified atom stereocenters. The molecule has 2 heterocycles. The van der Waals surface area contributed by atoms with Gasteiger partial charge in [-0.25, -0.2) is 0 Å². The molecular weight excluding hydrogens is 276 g/mol. The number of benzene rings is 1. The maximum atomic E-state index is 12.5. The highest BCUT2D eigenvalue weighted by atomic mass is 35.5. The van der Waals surface area contributed by atoms with Gasteiger partial charge in [0.1, 0.15) is 12.4 Å². The summed E-state index contributed by atoms with van der Waals surface area (Å²) < 4.78 is 5.65. The molecule has 0 aliphatic carbocycles. The number of carbonyl (C=O) groups is 1. The van der Waals surface area contributed by atoms with E-state index in [9.17, 15) is 4.79 Å². The lowest BCUT2D eigenvalue weighted by Gasteiger charge is -2.35. The molecule has 3 rings (SSSR count). The summed E-state index contributed by atoms with van der Waals surface area (Å²) in [6, 6.07) is 8.04. The minimum Gasteiger partial charge on any atom is -0.488 e. The number of hydrogen-bond donors (Lipinski definition) is 1. The Bertz CT molecular complexity index is 530. The van der Waals surface area contributed by atoms with Gasteiger partial charge in [-0.3, -0.25) is 4.79 Å². The highest BCUT2D eigenvalue weighted by Crippen LogP contribution is 2.26. The first-order valence-electron chi connectivity index (χ1n) is 6.70. The van der Waals surface area contributed by atoms with Crippen molar-refractivity contribution >= 4 is 24.4 Å². The van der Waals surface area contributed by atoms with E-state index in [1.54, 1.807) is 0 Å². The van der Waals surface area contributed by atoms with Crippen molar-refractivity contribution in [3.63, 3.8) is 0 Å². The monoisotopic (exact) mass is 294 g/mol. The van der Waals surface area contributed by atoms with Gasteiger partial charge >= 0.3 is 0 Å². The fourth-order valence-corrected chi connectivity index (χ4v) is 2.57. The summed E-state index contributed by atoms with van der Waals surface area (Å²) >= 11 is 0. The predicted molar refractivity (Wildman–Crippen MR) is 81.2 cm³/mol. The van der Waals surface area contributed by atoms with Crippen LogP contribution in [0.5, 0.6) is 5.75 Å². The van der Waals surface area contributed by atoms with Crippen LogP contribution in [0.15, 0.2) is 29.8 Å². The van der Waals surface area contributed by atoms with Crippen LogP contribution in [0.4, 0.5) is 0 Å². The molecule has 20 heavy (non-hydrogen) atoms. The average Bonchev–Trinajstić information content (AvgIpc) is 2.46. The van der Waals surface area contributed by atoms with Gasteiger partial charge in [-0.15, -0.1) is 12.4 Å². The second-order valence-corrected chi connectivity index (χ2v) is 5.05. The van der Waals surface area contributed by atoms with Crippen molar-refractivity contribution in [2.75, 3.05) is 26.2 Å². The molecule has 0 radical (unpaired) electrons.